The lowest BCUT2D eigenvalue weighted by Gasteiger charge is -2.36. The number of likely N-dealkylation sites (tertiary alicyclic amines) is 1. The molecule has 21 heavy (non-hydrogen) atoms. The van der Waals surface area contributed by atoms with Gasteiger partial charge in [0.05, 0.1) is 6.54 Å². The van der Waals surface area contributed by atoms with Crippen molar-refractivity contribution in [2.45, 2.75) is 32.4 Å². The Kier molecular flexibility index (Phi) is 9.36. The second kappa shape index (κ2) is 10.2. The summed E-state index contributed by atoms with van der Waals surface area (Å²) >= 11 is 2.12. The van der Waals surface area contributed by atoms with Crippen molar-refractivity contribution in [1.29, 1.82) is 0 Å². The minimum atomic E-state index is 0. The van der Waals surface area contributed by atoms with Crippen molar-refractivity contribution in [1.82, 2.24) is 15.1 Å². The van der Waals surface area contributed by atoms with Gasteiger partial charge in [-0.1, -0.05) is 13.8 Å². The van der Waals surface area contributed by atoms with E-state index in [1.165, 1.54) is 25.3 Å². The van der Waals surface area contributed by atoms with E-state index in [1.807, 2.05) is 0 Å². The van der Waals surface area contributed by atoms with Gasteiger partial charge in [-0.3, -0.25) is 4.99 Å². The van der Waals surface area contributed by atoms with Crippen molar-refractivity contribution in [3.63, 3.8) is 0 Å². The first-order valence-corrected chi connectivity index (χ1v) is 9.12. The Bertz CT molecular complexity index is 321. The van der Waals surface area contributed by atoms with Crippen LogP contribution in [-0.4, -0.2) is 72.6 Å². The number of nitrogens with one attached hydrogen (secondary N) is 1. The molecule has 1 N–H and O–H groups in total. The van der Waals surface area contributed by atoms with E-state index in [1.54, 1.807) is 0 Å². The monoisotopic (exact) mass is 426 g/mol. The third-order valence-corrected chi connectivity index (χ3v) is 5.64. The minimum Gasteiger partial charge on any atom is -0.357 e. The molecular formula is C15H31IN4S. The van der Waals surface area contributed by atoms with Gasteiger partial charge in [-0.2, -0.15) is 11.8 Å². The van der Waals surface area contributed by atoms with E-state index in [2.05, 4.69) is 47.6 Å². The Labute approximate surface area is 151 Å². The standard InChI is InChI=1S/C15H30N4S.HI/c1-4-16-15(17-6-9-18-7-5-8-18)19-10-11-20-14(12-19)13(2)3;/h13-14H,4-12H2,1-3H3,(H,16,17);1H. The fourth-order valence-corrected chi connectivity index (χ4v) is 3.90. The number of guanidine groups is 1. The van der Waals surface area contributed by atoms with Crippen molar-refractivity contribution in [2.24, 2.45) is 10.9 Å². The normalized spacial score (nSPS) is 23.7. The molecule has 4 nitrogen and oxygen atoms in total. The summed E-state index contributed by atoms with van der Waals surface area (Å²) in [5.41, 5.74) is 0. The zero-order valence-corrected chi connectivity index (χ0v) is 16.8. The maximum absolute atomic E-state index is 4.83. The summed E-state index contributed by atoms with van der Waals surface area (Å²) in [6, 6.07) is 0. The zero-order valence-electron chi connectivity index (χ0n) is 13.7. The van der Waals surface area contributed by atoms with Crippen LogP contribution in [0.25, 0.3) is 0 Å². The van der Waals surface area contributed by atoms with Gasteiger partial charge in [0.25, 0.3) is 0 Å². The van der Waals surface area contributed by atoms with Crippen LogP contribution in [0.2, 0.25) is 0 Å². The van der Waals surface area contributed by atoms with E-state index in [4.69, 9.17) is 4.99 Å². The number of hydrogen-bond donors (Lipinski definition) is 1. The van der Waals surface area contributed by atoms with E-state index in [9.17, 15) is 0 Å². The van der Waals surface area contributed by atoms with Gasteiger partial charge >= 0.3 is 0 Å². The molecular weight excluding hydrogens is 395 g/mol. The molecule has 0 spiro atoms. The van der Waals surface area contributed by atoms with Gasteiger partial charge in [-0.15, -0.1) is 24.0 Å². The molecule has 6 heteroatoms. The molecule has 2 fully saturated rings. The van der Waals surface area contributed by atoms with Crippen molar-refractivity contribution < 1.29 is 0 Å². The third-order valence-electron chi connectivity index (χ3n) is 4.10. The molecule has 2 heterocycles. The summed E-state index contributed by atoms with van der Waals surface area (Å²) in [6.45, 7) is 14.6. The van der Waals surface area contributed by atoms with Crippen LogP contribution in [0.15, 0.2) is 4.99 Å². The number of hydrogen-bond acceptors (Lipinski definition) is 3. The summed E-state index contributed by atoms with van der Waals surface area (Å²) in [5.74, 6) is 3.09. The quantitative estimate of drug-likeness (QED) is 0.416. The molecule has 0 saturated carbocycles. The van der Waals surface area contributed by atoms with Crippen LogP contribution in [-0.2, 0) is 0 Å². The van der Waals surface area contributed by atoms with Crippen molar-refractivity contribution in [3.8, 4) is 0 Å². The maximum atomic E-state index is 4.83. The van der Waals surface area contributed by atoms with Gasteiger partial charge in [-0.25, -0.2) is 0 Å². The zero-order chi connectivity index (χ0) is 14.4. The smallest absolute Gasteiger partial charge is 0.194 e. The van der Waals surface area contributed by atoms with E-state index in [0.717, 1.165) is 49.9 Å². The first kappa shape index (κ1) is 19.4. The number of aliphatic imine (C=N–C) groups is 1. The highest BCUT2D eigenvalue weighted by Crippen LogP contribution is 2.24. The van der Waals surface area contributed by atoms with Crippen LogP contribution in [0, 0.1) is 5.92 Å². The topological polar surface area (TPSA) is 30.9 Å². The van der Waals surface area contributed by atoms with Crippen molar-refractivity contribution in [3.05, 3.63) is 0 Å². The molecule has 1 unspecified atom stereocenters. The van der Waals surface area contributed by atoms with Gasteiger partial charge < -0.3 is 15.1 Å². The van der Waals surface area contributed by atoms with E-state index in [0.29, 0.717) is 0 Å². The predicted octanol–water partition coefficient (Wildman–Crippen LogP) is 2.35. The molecule has 0 aromatic rings. The number of rotatable bonds is 5. The molecule has 1 atom stereocenters. The minimum absolute atomic E-state index is 0. The summed E-state index contributed by atoms with van der Waals surface area (Å²) < 4.78 is 0. The maximum Gasteiger partial charge on any atom is 0.194 e. The SMILES string of the molecule is CCNC(=NCCN1CCC1)N1CCSC(C(C)C)C1.I. The summed E-state index contributed by atoms with van der Waals surface area (Å²) in [6.07, 6.45) is 1.36. The molecule has 0 aromatic heterocycles. The fourth-order valence-electron chi connectivity index (χ4n) is 2.60. The summed E-state index contributed by atoms with van der Waals surface area (Å²) in [5, 5.41) is 4.21. The lowest BCUT2D eigenvalue weighted by atomic mass is 10.1. The van der Waals surface area contributed by atoms with E-state index < -0.39 is 0 Å². The second-order valence-corrected chi connectivity index (χ2v) is 7.38. The number of halogens is 1. The van der Waals surface area contributed by atoms with Crippen molar-refractivity contribution in [2.75, 3.05) is 51.6 Å². The van der Waals surface area contributed by atoms with E-state index >= 15 is 0 Å². The Morgan fingerprint density at radius 3 is 2.67 bits per heavy atom. The molecule has 0 aromatic carbocycles. The molecule has 0 bridgehead atoms. The summed E-state index contributed by atoms with van der Waals surface area (Å²) in [7, 11) is 0. The van der Waals surface area contributed by atoms with Crippen molar-refractivity contribution >= 4 is 41.7 Å². The van der Waals surface area contributed by atoms with Crippen LogP contribution in [0.4, 0.5) is 0 Å². The highest BCUT2D eigenvalue weighted by Gasteiger charge is 2.24. The molecule has 0 amide bonds. The Hall–Kier alpha value is 0.310. The molecule has 124 valence electrons. The highest BCUT2D eigenvalue weighted by molar-refractivity contribution is 14.0. The van der Waals surface area contributed by atoms with Gasteiger partial charge in [0.2, 0.25) is 0 Å². The van der Waals surface area contributed by atoms with Crippen LogP contribution in [0.3, 0.4) is 0 Å². The lowest BCUT2D eigenvalue weighted by Crippen LogP contribution is -2.49. The summed E-state index contributed by atoms with van der Waals surface area (Å²) in [4.78, 5) is 9.77. The third kappa shape index (κ3) is 6.14. The van der Waals surface area contributed by atoms with Gasteiger partial charge in [0.1, 0.15) is 0 Å². The van der Waals surface area contributed by atoms with Crippen LogP contribution < -0.4 is 5.32 Å². The van der Waals surface area contributed by atoms with Crippen LogP contribution >= 0.6 is 35.7 Å². The average Bonchev–Trinajstić information content (AvgIpc) is 2.40. The molecule has 2 aliphatic heterocycles. The Morgan fingerprint density at radius 1 is 1.33 bits per heavy atom. The highest BCUT2D eigenvalue weighted by atomic mass is 127. The molecule has 2 saturated heterocycles. The number of thioether (sulfide) groups is 1. The first-order chi connectivity index (χ1) is 9.70. The Morgan fingerprint density at radius 2 is 2.10 bits per heavy atom. The van der Waals surface area contributed by atoms with E-state index in [-0.39, 0.29) is 24.0 Å². The Balaban J connectivity index is 0.00000220. The fraction of sp³-hybridized carbons (Fsp3) is 0.933. The number of nitrogens with zero attached hydrogens (tertiary/aromatic N) is 3. The first-order valence-electron chi connectivity index (χ1n) is 8.08. The lowest BCUT2D eigenvalue weighted by molar-refractivity contribution is 0.187. The van der Waals surface area contributed by atoms with Gasteiger partial charge in [0, 0.05) is 37.2 Å². The molecule has 0 radical (unpaired) electrons. The average molecular weight is 426 g/mol. The molecule has 0 aliphatic carbocycles. The van der Waals surface area contributed by atoms with Crippen LogP contribution in [0.5, 0.6) is 0 Å². The van der Waals surface area contributed by atoms with Gasteiger partial charge in [0.15, 0.2) is 5.96 Å². The molecule has 2 rings (SSSR count). The van der Waals surface area contributed by atoms with Gasteiger partial charge in [-0.05, 0) is 32.4 Å². The largest absolute Gasteiger partial charge is 0.357 e. The predicted molar refractivity (Wildman–Crippen MR) is 105 cm³/mol. The molecule has 2 aliphatic rings. The van der Waals surface area contributed by atoms with Crippen LogP contribution in [0.1, 0.15) is 27.2 Å². The second-order valence-electron chi connectivity index (χ2n) is 6.03.